The van der Waals surface area contributed by atoms with Crippen LogP contribution in [0.1, 0.15) is 22.4 Å². The maximum absolute atomic E-state index is 12.8. The van der Waals surface area contributed by atoms with Crippen LogP contribution in [0.5, 0.6) is 0 Å². The minimum Gasteiger partial charge on any atom is -0.347 e. The molecule has 0 spiro atoms. The van der Waals surface area contributed by atoms with Crippen LogP contribution >= 0.6 is 0 Å². The van der Waals surface area contributed by atoms with E-state index in [1.54, 1.807) is 0 Å². The summed E-state index contributed by atoms with van der Waals surface area (Å²) in [6, 6.07) is 6.68. The van der Waals surface area contributed by atoms with Crippen molar-refractivity contribution in [3.63, 3.8) is 0 Å². The average molecular weight is 217 g/mol. The van der Waals surface area contributed by atoms with E-state index in [0.29, 0.717) is 0 Å². The maximum atomic E-state index is 12.8. The molecule has 0 aliphatic heterocycles. The summed E-state index contributed by atoms with van der Waals surface area (Å²) in [4.78, 5) is 0. The van der Waals surface area contributed by atoms with Crippen LogP contribution < -0.4 is 0 Å². The van der Waals surface area contributed by atoms with Crippen molar-refractivity contribution in [3.05, 3.63) is 58.7 Å². The molecule has 0 saturated carbocycles. The molecule has 0 radical (unpaired) electrons. The third kappa shape index (κ3) is 2.01. The topological polar surface area (TPSA) is 4.93 Å². The molecule has 0 saturated heterocycles. The van der Waals surface area contributed by atoms with Crippen LogP contribution in [0, 0.1) is 26.6 Å². The van der Waals surface area contributed by atoms with Gasteiger partial charge in [0, 0.05) is 18.4 Å². The molecular weight excluding hydrogens is 201 g/mol. The first-order valence-corrected chi connectivity index (χ1v) is 5.45. The number of benzene rings is 1. The van der Waals surface area contributed by atoms with Gasteiger partial charge in [-0.2, -0.15) is 0 Å². The van der Waals surface area contributed by atoms with Gasteiger partial charge in [-0.15, -0.1) is 0 Å². The summed E-state index contributed by atoms with van der Waals surface area (Å²) in [5.74, 6) is -0.180. The molecule has 0 bridgehead atoms. The van der Waals surface area contributed by atoms with Gasteiger partial charge in [0.1, 0.15) is 5.82 Å². The van der Waals surface area contributed by atoms with Crippen LogP contribution in [0.3, 0.4) is 0 Å². The van der Waals surface area contributed by atoms with Crippen molar-refractivity contribution in [2.45, 2.75) is 27.3 Å². The van der Waals surface area contributed by atoms with Crippen LogP contribution in [-0.2, 0) is 6.54 Å². The van der Waals surface area contributed by atoms with Crippen molar-refractivity contribution in [1.29, 1.82) is 0 Å². The zero-order valence-electron chi connectivity index (χ0n) is 9.92. The quantitative estimate of drug-likeness (QED) is 0.724. The largest absolute Gasteiger partial charge is 0.347 e. The van der Waals surface area contributed by atoms with Crippen molar-refractivity contribution in [2.75, 3.05) is 0 Å². The Morgan fingerprint density at radius 1 is 1.06 bits per heavy atom. The minimum absolute atomic E-state index is 0.180. The van der Waals surface area contributed by atoms with E-state index in [1.165, 1.54) is 29.0 Å². The fourth-order valence-electron chi connectivity index (χ4n) is 1.88. The maximum Gasteiger partial charge on any atom is 0.123 e. The first kappa shape index (κ1) is 10.9. The molecule has 16 heavy (non-hydrogen) atoms. The predicted molar refractivity (Wildman–Crippen MR) is 64.1 cm³/mol. The van der Waals surface area contributed by atoms with Gasteiger partial charge in [0.2, 0.25) is 0 Å². The molecular formula is C14H16FN. The minimum atomic E-state index is -0.180. The molecule has 1 heterocycles. The Labute approximate surface area is 95.5 Å². The highest BCUT2D eigenvalue weighted by Gasteiger charge is 2.05. The van der Waals surface area contributed by atoms with Crippen molar-refractivity contribution in [2.24, 2.45) is 0 Å². The van der Waals surface area contributed by atoms with Crippen LogP contribution in [0.15, 0.2) is 30.5 Å². The number of hydrogen-bond donors (Lipinski definition) is 0. The molecule has 1 aromatic heterocycles. The molecule has 84 valence electrons. The average Bonchev–Trinajstić information content (AvgIpc) is 2.50. The zero-order valence-corrected chi connectivity index (χ0v) is 9.92. The highest BCUT2D eigenvalue weighted by molar-refractivity contribution is 5.30. The smallest absolute Gasteiger partial charge is 0.123 e. The van der Waals surface area contributed by atoms with E-state index in [-0.39, 0.29) is 5.82 Å². The second-order valence-electron chi connectivity index (χ2n) is 4.28. The Kier molecular flexibility index (Phi) is 2.82. The Hall–Kier alpha value is -1.57. The lowest BCUT2D eigenvalue weighted by atomic mass is 10.2. The van der Waals surface area contributed by atoms with E-state index < -0.39 is 0 Å². The van der Waals surface area contributed by atoms with E-state index in [1.807, 2.05) is 12.1 Å². The third-order valence-corrected chi connectivity index (χ3v) is 3.18. The number of aromatic nitrogens is 1. The van der Waals surface area contributed by atoms with E-state index in [9.17, 15) is 4.39 Å². The molecule has 0 aliphatic rings. The molecule has 1 aromatic carbocycles. The Bertz CT molecular complexity index is 494. The first-order valence-electron chi connectivity index (χ1n) is 5.45. The summed E-state index contributed by atoms with van der Waals surface area (Å²) >= 11 is 0. The predicted octanol–water partition coefficient (Wildman–Crippen LogP) is 3.60. The number of nitrogens with zero attached hydrogens (tertiary/aromatic N) is 1. The Morgan fingerprint density at radius 2 is 1.69 bits per heavy atom. The normalized spacial score (nSPS) is 10.8. The van der Waals surface area contributed by atoms with Crippen LogP contribution in [0.25, 0.3) is 0 Å². The van der Waals surface area contributed by atoms with E-state index >= 15 is 0 Å². The monoisotopic (exact) mass is 217 g/mol. The van der Waals surface area contributed by atoms with Gasteiger partial charge < -0.3 is 4.57 Å². The van der Waals surface area contributed by atoms with Gasteiger partial charge in [-0.05, 0) is 49.6 Å². The standard InChI is InChI=1S/C14H16FN/c1-10-8-16(12(3)11(10)2)9-13-4-6-14(15)7-5-13/h4-8H,9H2,1-3H3. The second-order valence-corrected chi connectivity index (χ2v) is 4.28. The fraction of sp³-hybridized carbons (Fsp3) is 0.286. The van der Waals surface area contributed by atoms with Crippen molar-refractivity contribution < 1.29 is 4.39 Å². The molecule has 2 rings (SSSR count). The van der Waals surface area contributed by atoms with E-state index in [0.717, 1.165) is 12.1 Å². The molecule has 0 amide bonds. The molecule has 1 nitrogen and oxygen atoms in total. The fourth-order valence-corrected chi connectivity index (χ4v) is 1.88. The molecule has 2 heteroatoms. The van der Waals surface area contributed by atoms with E-state index in [2.05, 4.69) is 31.5 Å². The van der Waals surface area contributed by atoms with Crippen molar-refractivity contribution in [1.82, 2.24) is 4.57 Å². The lowest BCUT2D eigenvalue weighted by molar-refractivity contribution is 0.626. The number of rotatable bonds is 2. The molecule has 0 aliphatic carbocycles. The van der Waals surface area contributed by atoms with Crippen LogP contribution in [-0.4, -0.2) is 4.57 Å². The van der Waals surface area contributed by atoms with Crippen molar-refractivity contribution >= 4 is 0 Å². The zero-order chi connectivity index (χ0) is 11.7. The molecule has 0 N–H and O–H groups in total. The highest BCUT2D eigenvalue weighted by Crippen LogP contribution is 2.16. The SMILES string of the molecule is Cc1cn(Cc2ccc(F)cc2)c(C)c1C. The van der Waals surface area contributed by atoms with Gasteiger partial charge >= 0.3 is 0 Å². The lowest BCUT2D eigenvalue weighted by Gasteiger charge is -2.06. The number of halogens is 1. The Balaban J connectivity index is 2.27. The molecule has 0 atom stereocenters. The summed E-state index contributed by atoms with van der Waals surface area (Å²) in [7, 11) is 0. The summed E-state index contributed by atoms with van der Waals surface area (Å²) in [6.45, 7) is 7.17. The first-order chi connectivity index (χ1) is 7.58. The highest BCUT2D eigenvalue weighted by atomic mass is 19.1. The summed E-state index contributed by atoms with van der Waals surface area (Å²) in [5, 5.41) is 0. The summed E-state index contributed by atoms with van der Waals surface area (Å²) in [5.41, 5.74) is 5.04. The van der Waals surface area contributed by atoms with Gasteiger partial charge in [-0.25, -0.2) is 4.39 Å². The van der Waals surface area contributed by atoms with Crippen LogP contribution in [0.4, 0.5) is 4.39 Å². The molecule has 0 fully saturated rings. The van der Waals surface area contributed by atoms with E-state index in [4.69, 9.17) is 0 Å². The summed E-state index contributed by atoms with van der Waals surface area (Å²) < 4.78 is 15.0. The number of aryl methyl sites for hydroxylation is 1. The van der Waals surface area contributed by atoms with Gasteiger partial charge in [0.05, 0.1) is 0 Å². The Morgan fingerprint density at radius 3 is 2.19 bits per heavy atom. The third-order valence-electron chi connectivity index (χ3n) is 3.18. The van der Waals surface area contributed by atoms with Gasteiger partial charge in [-0.1, -0.05) is 12.1 Å². The second kappa shape index (κ2) is 4.12. The van der Waals surface area contributed by atoms with Gasteiger partial charge in [-0.3, -0.25) is 0 Å². The number of hydrogen-bond acceptors (Lipinski definition) is 0. The van der Waals surface area contributed by atoms with Crippen LogP contribution in [0.2, 0.25) is 0 Å². The van der Waals surface area contributed by atoms with Crippen molar-refractivity contribution in [3.8, 4) is 0 Å². The van der Waals surface area contributed by atoms with Gasteiger partial charge in [0.15, 0.2) is 0 Å². The lowest BCUT2D eigenvalue weighted by Crippen LogP contribution is -2.00. The summed E-state index contributed by atoms with van der Waals surface area (Å²) in [6.07, 6.45) is 2.15. The van der Waals surface area contributed by atoms with Gasteiger partial charge in [0.25, 0.3) is 0 Å². The molecule has 2 aromatic rings. The molecule has 0 unspecified atom stereocenters.